The Kier molecular flexibility index (Phi) is 5.77. The molecule has 0 spiro atoms. The molecular formula is C12H24N2O2. The minimum Gasteiger partial charge on any atom is -0.377 e. The van der Waals surface area contributed by atoms with Crippen LogP contribution in [0.5, 0.6) is 0 Å². The van der Waals surface area contributed by atoms with Crippen molar-refractivity contribution in [3.05, 3.63) is 0 Å². The number of carbonyl (C=O) groups is 1. The number of amides is 1. The Balaban J connectivity index is 2.48. The van der Waals surface area contributed by atoms with Crippen molar-refractivity contribution in [3.63, 3.8) is 0 Å². The minimum absolute atomic E-state index is 0.253. The molecule has 1 aliphatic heterocycles. The summed E-state index contributed by atoms with van der Waals surface area (Å²) < 4.78 is 5.46. The van der Waals surface area contributed by atoms with Gasteiger partial charge in [-0.15, -0.1) is 0 Å². The number of morpholine rings is 1. The van der Waals surface area contributed by atoms with Crippen LogP contribution in [0, 0.1) is 5.92 Å². The molecule has 1 fully saturated rings. The van der Waals surface area contributed by atoms with Gasteiger partial charge in [0.15, 0.2) is 0 Å². The van der Waals surface area contributed by atoms with Crippen LogP contribution in [-0.4, -0.2) is 50.2 Å². The normalized spacial score (nSPS) is 21.5. The molecule has 1 heterocycles. The van der Waals surface area contributed by atoms with Crippen LogP contribution in [0.15, 0.2) is 0 Å². The molecule has 0 aromatic carbocycles. The second-order valence-corrected chi connectivity index (χ2v) is 4.80. The van der Waals surface area contributed by atoms with Gasteiger partial charge in [0.05, 0.1) is 19.3 Å². The first kappa shape index (κ1) is 13.5. The molecule has 94 valence electrons. The monoisotopic (exact) mass is 228 g/mol. The first-order valence-corrected chi connectivity index (χ1v) is 6.17. The van der Waals surface area contributed by atoms with Gasteiger partial charge >= 0.3 is 0 Å². The Morgan fingerprint density at radius 2 is 2.31 bits per heavy atom. The Bertz CT molecular complexity index is 219. The van der Waals surface area contributed by atoms with Gasteiger partial charge in [0, 0.05) is 19.5 Å². The van der Waals surface area contributed by atoms with E-state index in [-0.39, 0.29) is 11.9 Å². The zero-order chi connectivity index (χ0) is 12.0. The van der Waals surface area contributed by atoms with Crippen LogP contribution in [0.3, 0.4) is 0 Å². The van der Waals surface area contributed by atoms with Crippen LogP contribution >= 0.6 is 0 Å². The highest BCUT2D eigenvalue weighted by molar-refractivity contribution is 5.76. The molecule has 0 aromatic rings. The van der Waals surface area contributed by atoms with E-state index in [1.165, 1.54) is 0 Å². The van der Waals surface area contributed by atoms with Crippen LogP contribution in [0.2, 0.25) is 0 Å². The first-order valence-electron chi connectivity index (χ1n) is 6.17. The molecule has 1 aliphatic rings. The van der Waals surface area contributed by atoms with Gasteiger partial charge in [0.25, 0.3) is 0 Å². The molecule has 0 aliphatic carbocycles. The van der Waals surface area contributed by atoms with Gasteiger partial charge in [-0.3, -0.25) is 4.79 Å². The van der Waals surface area contributed by atoms with E-state index in [9.17, 15) is 4.79 Å². The van der Waals surface area contributed by atoms with Crippen LogP contribution in [0.1, 0.15) is 26.7 Å². The summed E-state index contributed by atoms with van der Waals surface area (Å²) in [5.74, 6) is 0.856. The lowest BCUT2D eigenvalue weighted by molar-refractivity contribution is -0.140. The lowest BCUT2D eigenvalue weighted by atomic mass is 10.0. The van der Waals surface area contributed by atoms with Gasteiger partial charge in [0.2, 0.25) is 5.91 Å². The highest BCUT2D eigenvalue weighted by atomic mass is 16.5. The summed E-state index contributed by atoms with van der Waals surface area (Å²) in [7, 11) is 1.87. The lowest BCUT2D eigenvalue weighted by Gasteiger charge is -2.36. The van der Waals surface area contributed by atoms with Crippen molar-refractivity contribution in [2.45, 2.75) is 32.7 Å². The maximum atomic E-state index is 12.0. The van der Waals surface area contributed by atoms with Gasteiger partial charge in [-0.25, -0.2) is 0 Å². The summed E-state index contributed by atoms with van der Waals surface area (Å²) in [5, 5.41) is 3.01. The predicted molar refractivity (Wildman–Crippen MR) is 64.3 cm³/mol. The third-order valence-corrected chi connectivity index (χ3v) is 2.88. The van der Waals surface area contributed by atoms with E-state index in [2.05, 4.69) is 19.2 Å². The number of carbonyl (C=O) groups excluding carboxylic acids is 1. The van der Waals surface area contributed by atoms with E-state index < -0.39 is 0 Å². The number of hydrogen-bond acceptors (Lipinski definition) is 3. The number of nitrogens with zero attached hydrogens (tertiary/aromatic N) is 1. The summed E-state index contributed by atoms with van der Waals surface area (Å²) in [6.07, 6.45) is 1.62. The standard InChI is InChI=1S/C12H24N2O2/c1-10(2)8-11-9-16-7-6-14(11)12(15)4-5-13-3/h10-11,13H,4-9H2,1-3H3. The summed E-state index contributed by atoms with van der Waals surface area (Å²) in [6, 6.07) is 0.276. The molecule has 1 N–H and O–H groups in total. The molecule has 0 aromatic heterocycles. The Hall–Kier alpha value is -0.610. The second kappa shape index (κ2) is 6.86. The highest BCUT2D eigenvalue weighted by Gasteiger charge is 2.27. The molecule has 1 unspecified atom stereocenters. The fourth-order valence-corrected chi connectivity index (χ4v) is 2.10. The fourth-order valence-electron chi connectivity index (χ4n) is 2.10. The Morgan fingerprint density at radius 3 is 2.94 bits per heavy atom. The van der Waals surface area contributed by atoms with Gasteiger partial charge in [-0.2, -0.15) is 0 Å². The average molecular weight is 228 g/mol. The van der Waals surface area contributed by atoms with E-state index in [0.29, 0.717) is 25.6 Å². The van der Waals surface area contributed by atoms with E-state index in [4.69, 9.17) is 4.74 Å². The van der Waals surface area contributed by atoms with E-state index in [0.717, 1.165) is 19.5 Å². The van der Waals surface area contributed by atoms with E-state index in [1.54, 1.807) is 0 Å². The quantitative estimate of drug-likeness (QED) is 0.759. The van der Waals surface area contributed by atoms with Gasteiger partial charge in [-0.1, -0.05) is 13.8 Å². The summed E-state index contributed by atoms with van der Waals surface area (Å²) >= 11 is 0. The smallest absolute Gasteiger partial charge is 0.224 e. The van der Waals surface area contributed by atoms with Crippen molar-refractivity contribution in [1.29, 1.82) is 0 Å². The molecule has 1 saturated heterocycles. The SMILES string of the molecule is CNCCC(=O)N1CCOCC1CC(C)C. The predicted octanol–water partition coefficient (Wildman–Crippen LogP) is 0.869. The van der Waals surface area contributed by atoms with Crippen molar-refractivity contribution in [2.75, 3.05) is 33.4 Å². The zero-order valence-corrected chi connectivity index (χ0v) is 10.7. The van der Waals surface area contributed by atoms with Crippen molar-refractivity contribution in [1.82, 2.24) is 10.2 Å². The lowest BCUT2D eigenvalue weighted by Crippen LogP contribution is -2.49. The van der Waals surface area contributed by atoms with Crippen molar-refractivity contribution in [2.24, 2.45) is 5.92 Å². The number of hydrogen-bond donors (Lipinski definition) is 1. The molecule has 0 saturated carbocycles. The molecule has 4 heteroatoms. The van der Waals surface area contributed by atoms with Crippen molar-refractivity contribution in [3.8, 4) is 0 Å². The zero-order valence-electron chi connectivity index (χ0n) is 10.7. The molecule has 1 amide bonds. The van der Waals surface area contributed by atoms with Gasteiger partial charge < -0.3 is 15.0 Å². The van der Waals surface area contributed by atoms with Crippen molar-refractivity contribution >= 4 is 5.91 Å². The molecule has 0 radical (unpaired) electrons. The number of rotatable bonds is 5. The molecule has 1 atom stereocenters. The summed E-state index contributed by atoms with van der Waals surface area (Å²) in [5.41, 5.74) is 0. The third kappa shape index (κ3) is 4.10. The minimum atomic E-state index is 0.253. The first-order chi connectivity index (χ1) is 7.65. The largest absolute Gasteiger partial charge is 0.377 e. The topological polar surface area (TPSA) is 41.6 Å². The number of ether oxygens (including phenoxy) is 1. The van der Waals surface area contributed by atoms with Gasteiger partial charge in [0.1, 0.15) is 0 Å². The average Bonchev–Trinajstić information content (AvgIpc) is 2.26. The molecule has 4 nitrogen and oxygen atoms in total. The fraction of sp³-hybridized carbons (Fsp3) is 0.917. The summed E-state index contributed by atoms with van der Waals surface area (Å²) in [4.78, 5) is 14.0. The van der Waals surface area contributed by atoms with Crippen LogP contribution in [0.25, 0.3) is 0 Å². The second-order valence-electron chi connectivity index (χ2n) is 4.80. The van der Waals surface area contributed by atoms with E-state index >= 15 is 0 Å². The highest BCUT2D eigenvalue weighted by Crippen LogP contribution is 2.16. The molecule has 0 bridgehead atoms. The third-order valence-electron chi connectivity index (χ3n) is 2.88. The Morgan fingerprint density at radius 1 is 1.56 bits per heavy atom. The molecular weight excluding hydrogens is 204 g/mol. The summed E-state index contributed by atoms with van der Waals surface area (Å²) in [6.45, 7) is 7.25. The Labute approximate surface area is 98.3 Å². The molecule has 16 heavy (non-hydrogen) atoms. The maximum absolute atomic E-state index is 12.0. The molecule has 1 rings (SSSR count). The maximum Gasteiger partial charge on any atom is 0.224 e. The van der Waals surface area contributed by atoms with Gasteiger partial charge in [-0.05, 0) is 19.4 Å². The van der Waals surface area contributed by atoms with Crippen LogP contribution in [-0.2, 0) is 9.53 Å². The van der Waals surface area contributed by atoms with Crippen LogP contribution in [0.4, 0.5) is 0 Å². The van der Waals surface area contributed by atoms with E-state index in [1.807, 2.05) is 11.9 Å². The van der Waals surface area contributed by atoms with Crippen LogP contribution < -0.4 is 5.32 Å². The number of nitrogens with one attached hydrogen (secondary N) is 1. The van der Waals surface area contributed by atoms with Crippen molar-refractivity contribution < 1.29 is 9.53 Å².